The zero-order valence-electron chi connectivity index (χ0n) is 9.54. The van der Waals surface area contributed by atoms with Crippen LogP contribution >= 0.6 is 27.7 Å². The van der Waals surface area contributed by atoms with Gasteiger partial charge in [-0.1, -0.05) is 42.8 Å². The highest BCUT2D eigenvalue weighted by Gasteiger charge is 2.16. The maximum absolute atomic E-state index is 9.66. The molecule has 0 spiro atoms. The van der Waals surface area contributed by atoms with Crippen molar-refractivity contribution in [2.75, 3.05) is 0 Å². The molecular weight excluding hydrogens is 272 g/mol. The summed E-state index contributed by atoms with van der Waals surface area (Å²) in [4.78, 5) is 1.15. The molecule has 1 atom stereocenters. The van der Waals surface area contributed by atoms with Gasteiger partial charge in [0.1, 0.15) is 0 Å². The van der Waals surface area contributed by atoms with Gasteiger partial charge in [0.25, 0.3) is 0 Å². The lowest BCUT2D eigenvalue weighted by Crippen LogP contribution is -2.08. The molecule has 0 aromatic heterocycles. The molecule has 3 heteroatoms. The Kier molecular flexibility index (Phi) is 4.27. The normalized spacial score (nSPS) is 14.0. The maximum atomic E-state index is 9.66. The van der Waals surface area contributed by atoms with Crippen molar-refractivity contribution in [1.82, 2.24) is 0 Å². The van der Waals surface area contributed by atoms with Crippen LogP contribution in [0, 0.1) is 0 Å². The fraction of sp³-hybridized carbons (Fsp3) is 0.500. The first-order valence-electron chi connectivity index (χ1n) is 4.96. The quantitative estimate of drug-likeness (QED) is 0.815. The van der Waals surface area contributed by atoms with E-state index >= 15 is 0 Å². The molecule has 0 aliphatic carbocycles. The van der Waals surface area contributed by atoms with Crippen molar-refractivity contribution in [2.24, 2.45) is 0 Å². The molecule has 1 nitrogen and oxygen atoms in total. The molecule has 0 aliphatic heterocycles. The molecule has 0 amide bonds. The highest BCUT2D eigenvalue weighted by molar-refractivity contribution is 9.10. The Balaban J connectivity index is 3.08. The summed E-state index contributed by atoms with van der Waals surface area (Å²) in [5.41, 5.74) is 0.998. The van der Waals surface area contributed by atoms with E-state index in [9.17, 15) is 5.11 Å². The van der Waals surface area contributed by atoms with Gasteiger partial charge in [0, 0.05) is 14.1 Å². The molecule has 0 radical (unpaired) electrons. The van der Waals surface area contributed by atoms with Crippen molar-refractivity contribution >= 4 is 27.7 Å². The molecule has 84 valence electrons. The van der Waals surface area contributed by atoms with Crippen LogP contribution in [-0.4, -0.2) is 9.85 Å². The fourth-order valence-corrected chi connectivity index (χ4v) is 2.99. The number of hydrogen-bond acceptors (Lipinski definition) is 2. The monoisotopic (exact) mass is 288 g/mol. The van der Waals surface area contributed by atoms with Gasteiger partial charge in [-0.15, -0.1) is 11.8 Å². The predicted octanol–water partition coefficient (Wildman–Crippen LogP) is 4.39. The van der Waals surface area contributed by atoms with Gasteiger partial charge in [0.2, 0.25) is 0 Å². The molecule has 1 aromatic carbocycles. The van der Waals surface area contributed by atoms with Crippen LogP contribution in [0.5, 0.6) is 0 Å². The van der Waals surface area contributed by atoms with E-state index in [1.54, 1.807) is 18.7 Å². The van der Waals surface area contributed by atoms with Gasteiger partial charge < -0.3 is 5.11 Å². The van der Waals surface area contributed by atoms with Crippen LogP contribution in [0.1, 0.15) is 39.4 Å². The van der Waals surface area contributed by atoms with Crippen LogP contribution in [-0.2, 0) is 0 Å². The number of rotatable bonds is 2. The van der Waals surface area contributed by atoms with E-state index in [0.29, 0.717) is 0 Å². The van der Waals surface area contributed by atoms with Crippen molar-refractivity contribution in [1.29, 1.82) is 0 Å². The van der Waals surface area contributed by atoms with Crippen LogP contribution in [0.15, 0.2) is 27.6 Å². The third kappa shape index (κ3) is 4.17. The number of aliphatic hydroxyl groups is 1. The van der Waals surface area contributed by atoms with Crippen LogP contribution in [0.2, 0.25) is 0 Å². The third-order valence-corrected chi connectivity index (χ3v) is 3.52. The maximum Gasteiger partial charge on any atom is 0.0772 e. The second-order valence-electron chi connectivity index (χ2n) is 4.57. The highest BCUT2D eigenvalue weighted by Crippen LogP contribution is 2.37. The van der Waals surface area contributed by atoms with E-state index in [0.717, 1.165) is 14.9 Å². The molecule has 0 saturated carbocycles. The van der Waals surface area contributed by atoms with Gasteiger partial charge in [0.05, 0.1) is 6.10 Å². The minimum Gasteiger partial charge on any atom is -0.389 e. The first kappa shape index (κ1) is 13.1. The summed E-state index contributed by atoms with van der Waals surface area (Å²) >= 11 is 5.24. The molecule has 0 heterocycles. The van der Waals surface area contributed by atoms with Crippen molar-refractivity contribution in [3.05, 3.63) is 28.2 Å². The van der Waals surface area contributed by atoms with Crippen molar-refractivity contribution < 1.29 is 5.11 Å². The molecule has 0 saturated heterocycles. The zero-order valence-corrected chi connectivity index (χ0v) is 11.9. The SMILES string of the molecule is CC(O)c1ccc(Br)cc1SC(C)(C)C. The molecule has 0 aliphatic rings. The van der Waals surface area contributed by atoms with Crippen LogP contribution < -0.4 is 0 Å². The molecule has 1 N–H and O–H groups in total. The summed E-state index contributed by atoms with van der Waals surface area (Å²) in [7, 11) is 0. The largest absolute Gasteiger partial charge is 0.389 e. The van der Waals surface area contributed by atoms with Gasteiger partial charge in [-0.3, -0.25) is 0 Å². The third-order valence-electron chi connectivity index (χ3n) is 1.84. The standard InChI is InChI=1S/C12H17BrOS/c1-8(14)10-6-5-9(13)7-11(10)15-12(2,3)4/h5-8,14H,1-4H3. The summed E-state index contributed by atoms with van der Waals surface area (Å²) in [6.45, 7) is 8.31. The highest BCUT2D eigenvalue weighted by atomic mass is 79.9. The van der Waals surface area contributed by atoms with Gasteiger partial charge in [0.15, 0.2) is 0 Å². The lowest BCUT2D eigenvalue weighted by atomic mass is 10.1. The molecule has 15 heavy (non-hydrogen) atoms. The first-order chi connectivity index (χ1) is 6.79. The topological polar surface area (TPSA) is 20.2 Å². The molecule has 1 aromatic rings. The second kappa shape index (κ2) is 4.89. The smallest absolute Gasteiger partial charge is 0.0772 e. The summed E-state index contributed by atoms with van der Waals surface area (Å²) in [6, 6.07) is 6.01. The summed E-state index contributed by atoms with van der Waals surface area (Å²) < 4.78 is 1.21. The number of halogens is 1. The van der Waals surface area contributed by atoms with E-state index in [1.807, 2.05) is 12.1 Å². The van der Waals surface area contributed by atoms with Crippen LogP contribution in [0.3, 0.4) is 0 Å². The number of hydrogen-bond donors (Lipinski definition) is 1. The Bertz CT molecular complexity index is 342. The lowest BCUT2D eigenvalue weighted by Gasteiger charge is -2.21. The van der Waals surface area contributed by atoms with E-state index < -0.39 is 6.10 Å². The predicted molar refractivity (Wildman–Crippen MR) is 70.4 cm³/mol. The Hall–Kier alpha value is 0.01000. The minimum absolute atomic E-state index is 0.157. The van der Waals surface area contributed by atoms with Gasteiger partial charge in [-0.05, 0) is 24.6 Å². The average Bonchev–Trinajstić information content (AvgIpc) is 1.99. The van der Waals surface area contributed by atoms with Crippen LogP contribution in [0.4, 0.5) is 0 Å². The Labute approximate surface area is 104 Å². The molecule has 1 rings (SSSR count). The van der Waals surface area contributed by atoms with E-state index in [-0.39, 0.29) is 4.75 Å². The lowest BCUT2D eigenvalue weighted by molar-refractivity contribution is 0.196. The molecule has 1 unspecified atom stereocenters. The Morgan fingerprint density at radius 3 is 2.40 bits per heavy atom. The minimum atomic E-state index is -0.414. The molecular formula is C12H17BrOS. The van der Waals surface area contributed by atoms with E-state index in [4.69, 9.17) is 0 Å². The average molecular weight is 289 g/mol. The zero-order chi connectivity index (χ0) is 11.6. The van der Waals surface area contributed by atoms with Gasteiger partial charge >= 0.3 is 0 Å². The fourth-order valence-electron chi connectivity index (χ4n) is 1.27. The van der Waals surface area contributed by atoms with Crippen molar-refractivity contribution in [3.63, 3.8) is 0 Å². The number of aliphatic hydroxyl groups excluding tert-OH is 1. The van der Waals surface area contributed by atoms with Crippen molar-refractivity contribution in [3.8, 4) is 0 Å². The Morgan fingerprint density at radius 1 is 1.33 bits per heavy atom. The van der Waals surface area contributed by atoms with Crippen LogP contribution in [0.25, 0.3) is 0 Å². The number of benzene rings is 1. The van der Waals surface area contributed by atoms with E-state index in [2.05, 4.69) is 42.8 Å². The first-order valence-corrected chi connectivity index (χ1v) is 6.57. The molecule has 0 fully saturated rings. The van der Waals surface area contributed by atoms with Gasteiger partial charge in [-0.2, -0.15) is 0 Å². The van der Waals surface area contributed by atoms with Gasteiger partial charge in [-0.25, -0.2) is 0 Å². The summed E-state index contributed by atoms with van der Waals surface area (Å²) in [5.74, 6) is 0. The van der Waals surface area contributed by atoms with Crippen molar-refractivity contribution in [2.45, 2.75) is 43.4 Å². The van der Waals surface area contributed by atoms with E-state index in [1.165, 1.54) is 0 Å². The molecule has 0 bridgehead atoms. The number of thioether (sulfide) groups is 1. The summed E-state index contributed by atoms with van der Waals surface area (Å²) in [5, 5.41) is 9.66. The Morgan fingerprint density at radius 2 is 1.93 bits per heavy atom. The second-order valence-corrected chi connectivity index (χ2v) is 7.36. The summed E-state index contributed by atoms with van der Waals surface area (Å²) in [6.07, 6.45) is -0.414.